The molecule has 0 saturated carbocycles. The zero-order valence-electron chi connectivity index (χ0n) is 12.2. The van der Waals surface area contributed by atoms with Gasteiger partial charge in [0.15, 0.2) is 0 Å². The van der Waals surface area contributed by atoms with Crippen LogP contribution in [0.2, 0.25) is 0 Å². The Labute approximate surface area is 121 Å². The second-order valence-corrected chi connectivity index (χ2v) is 7.17. The van der Waals surface area contributed by atoms with Crippen LogP contribution < -0.4 is 5.32 Å². The summed E-state index contributed by atoms with van der Waals surface area (Å²) in [5.41, 5.74) is 1.09. The molecule has 1 heterocycles. The Kier molecular flexibility index (Phi) is 5.15. The molecular formula is C14H23N3O2S. The highest BCUT2D eigenvalue weighted by Gasteiger charge is 2.25. The summed E-state index contributed by atoms with van der Waals surface area (Å²) in [7, 11) is 0.550. The minimum atomic E-state index is -3.35. The number of hydrogen-bond donors (Lipinski definition) is 1. The van der Waals surface area contributed by atoms with Gasteiger partial charge < -0.3 is 10.2 Å². The monoisotopic (exact) mass is 297 g/mol. The molecule has 0 aromatic heterocycles. The Bertz CT molecular complexity index is 528. The number of benzene rings is 1. The zero-order valence-corrected chi connectivity index (χ0v) is 13.0. The quantitative estimate of drug-likeness (QED) is 0.890. The SMILES string of the molecule is CNCc1ccc(S(=O)(=O)N2CCCN(C)CC2)cc1. The van der Waals surface area contributed by atoms with Crippen LogP contribution >= 0.6 is 0 Å². The van der Waals surface area contributed by atoms with Gasteiger partial charge in [-0.15, -0.1) is 0 Å². The van der Waals surface area contributed by atoms with E-state index >= 15 is 0 Å². The van der Waals surface area contributed by atoms with Crippen LogP contribution in [0.25, 0.3) is 0 Å². The van der Waals surface area contributed by atoms with Gasteiger partial charge in [-0.25, -0.2) is 8.42 Å². The molecule has 6 heteroatoms. The number of sulfonamides is 1. The fourth-order valence-corrected chi connectivity index (χ4v) is 3.87. The maximum Gasteiger partial charge on any atom is 0.243 e. The van der Waals surface area contributed by atoms with E-state index in [1.165, 1.54) is 0 Å². The van der Waals surface area contributed by atoms with Gasteiger partial charge in [0.1, 0.15) is 0 Å². The largest absolute Gasteiger partial charge is 0.316 e. The number of rotatable bonds is 4. The standard InChI is InChI=1S/C14H23N3O2S/c1-15-12-13-4-6-14(7-5-13)20(18,19)17-9-3-8-16(2)10-11-17/h4-7,15H,3,8-12H2,1-2H3. The summed E-state index contributed by atoms with van der Waals surface area (Å²) in [6.45, 7) is 3.65. The first kappa shape index (κ1) is 15.4. The normalized spacial score (nSPS) is 18.9. The highest BCUT2D eigenvalue weighted by molar-refractivity contribution is 7.89. The lowest BCUT2D eigenvalue weighted by molar-refractivity contribution is 0.347. The molecule has 1 aliphatic heterocycles. The molecule has 0 amide bonds. The van der Waals surface area contributed by atoms with Gasteiger partial charge >= 0.3 is 0 Å². The molecule has 0 unspecified atom stereocenters. The van der Waals surface area contributed by atoms with E-state index in [9.17, 15) is 8.42 Å². The molecule has 1 aliphatic rings. The van der Waals surface area contributed by atoms with Crippen molar-refractivity contribution in [1.29, 1.82) is 0 Å². The lowest BCUT2D eigenvalue weighted by atomic mass is 10.2. The Morgan fingerprint density at radius 1 is 1.10 bits per heavy atom. The molecule has 2 rings (SSSR count). The molecule has 0 spiro atoms. The average molecular weight is 297 g/mol. The first-order valence-electron chi connectivity index (χ1n) is 6.96. The lowest BCUT2D eigenvalue weighted by Crippen LogP contribution is -2.34. The molecule has 112 valence electrons. The van der Waals surface area contributed by atoms with Crippen LogP contribution in [-0.4, -0.2) is 57.9 Å². The van der Waals surface area contributed by atoms with Crippen molar-refractivity contribution in [2.45, 2.75) is 17.9 Å². The van der Waals surface area contributed by atoms with Crippen molar-refractivity contribution in [3.63, 3.8) is 0 Å². The Balaban J connectivity index is 2.16. The summed E-state index contributed by atoms with van der Waals surface area (Å²) < 4.78 is 26.8. The van der Waals surface area contributed by atoms with E-state index in [-0.39, 0.29) is 0 Å². The lowest BCUT2D eigenvalue weighted by Gasteiger charge is -2.20. The summed E-state index contributed by atoms with van der Waals surface area (Å²) in [5.74, 6) is 0. The van der Waals surface area contributed by atoms with E-state index in [1.54, 1.807) is 16.4 Å². The summed E-state index contributed by atoms with van der Waals surface area (Å²) in [6.07, 6.45) is 0.883. The first-order valence-corrected chi connectivity index (χ1v) is 8.40. The molecule has 1 N–H and O–H groups in total. The number of hydrogen-bond acceptors (Lipinski definition) is 4. The van der Waals surface area contributed by atoms with E-state index in [2.05, 4.69) is 10.2 Å². The van der Waals surface area contributed by atoms with Gasteiger partial charge in [-0.1, -0.05) is 12.1 Å². The Hall–Kier alpha value is -0.950. The van der Waals surface area contributed by atoms with E-state index in [0.717, 1.165) is 31.6 Å². The van der Waals surface area contributed by atoms with Crippen molar-refractivity contribution < 1.29 is 8.42 Å². The highest BCUT2D eigenvalue weighted by atomic mass is 32.2. The fraction of sp³-hybridized carbons (Fsp3) is 0.571. The minimum absolute atomic E-state index is 0.391. The van der Waals surface area contributed by atoms with Gasteiger partial charge in [0.25, 0.3) is 0 Å². The number of nitrogens with zero attached hydrogens (tertiary/aromatic N) is 2. The molecule has 0 radical (unpaired) electrons. The first-order chi connectivity index (χ1) is 9.54. The van der Waals surface area contributed by atoms with Gasteiger partial charge in [-0.2, -0.15) is 4.31 Å². The number of likely N-dealkylation sites (N-methyl/N-ethyl adjacent to an activating group) is 1. The molecule has 1 saturated heterocycles. The number of nitrogens with one attached hydrogen (secondary N) is 1. The van der Waals surface area contributed by atoms with Crippen molar-refractivity contribution in [3.05, 3.63) is 29.8 Å². The van der Waals surface area contributed by atoms with Crippen molar-refractivity contribution in [2.75, 3.05) is 40.3 Å². The summed E-state index contributed by atoms with van der Waals surface area (Å²) in [6, 6.07) is 7.15. The van der Waals surface area contributed by atoms with Crippen LogP contribution in [-0.2, 0) is 16.6 Å². The van der Waals surface area contributed by atoms with E-state index in [1.807, 2.05) is 26.2 Å². The van der Waals surface area contributed by atoms with Gasteiger partial charge in [0.2, 0.25) is 10.0 Å². The molecule has 1 aromatic carbocycles. The Morgan fingerprint density at radius 3 is 2.45 bits per heavy atom. The fourth-order valence-electron chi connectivity index (χ4n) is 2.40. The van der Waals surface area contributed by atoms with Crippen molar-refractivity contribution in [1.82, 2.24) is 14.5 Å². The van der Waals surface area contributed by atoms with Crippen LogP contribution in [0.1, 0.15) is 12.0 Å². The van der Waals surface area contributed by atoms with Gasteiger partial charge in [0.05, 0.1) is 4.90 Å². The smallest absolute Gasteiger partial charge is 0.243 e. The third-order valence-electron chi connectivity index (χ3n) is 3.62. The molecule has 0 atom stereocenters. The van der Waals surface area contributed by atoms with Crippen LogP contribution in [0.15, 0.2) is 29.2 Å². The van der Waals surface area contributed by atoms with Gasteiger partial charge in [-0.3, -0.25) is 0 Å². The zero-order chi connectivity index (χ0) is 14.6. The van der Waals surface area contributed by atoms with Crippen molar-refractivity contribution in [2.24, 2.45) is 0 Å². The van der Waals surface area contributed by atoms with Crippen molar-refractivity contribution >= 4 is 10.0 Å². The van der Waals surface area contributed by atoms with Crippen LogP contribution in [0.3, 0.4) is 0 Å². The molecule has 5 nitrogen and oxygen atoms in total. The van der Waals surface area contributed by atoms with Gasteiger partial charge in [-0.05, 0) is 44.8 Å². The summed E-state index contributed by atoms with van der Waals surface area (Å²) in [4.78, 5) is 2.56. The molecule has 1 aromatic rings. The average Bonchev–Trinajstić information content (AvgIpc) is 2.65. The topological polar surface area (TPSA) is 52.7 Å². The predicted molar refractivity (Wildman–Crippen MR) is 80.1 cm³/mol. The van der Waals surface area contributed by atoms with E-state index in [0.29, 0.717) is 18.0 Å². The molecular weight excluding hydrogens is 274 g/mol. The van der Waals surface area contributed by atoms with Crippen LogP contribution in [0, 0.1) is 0 Å². The third kappa shape index (κ3) is 3.58. The van der Waals surface area contributed by atoms with Gasteiger partial charge in [0, 0.05) is 26.2 Å². The third-order valence-corrected chi connectivity index (χ3v) is 5.53. The molecule has 0 aliphatic carbocycles. The van der Waals surface area contributed by atoms with E-state index < -0.39 is 10.0 Å². The summed E-state index contributed by atoms with van der Waals surface area (Å²) >= 11 is 0. The maximum absolute atomic E-state index is 12.6. The molecule has 20 heavy (non-hydrogen) atoms. The van der Waals surface area contributed by atoms with Crippen LogP contribution in [0.4, 0.5) is 0 Å². The molecule has 1 fully saturated rings. The second-order valence-electron chi connectivity index (χ2n) is 5.24. The predicted octanol–water partition coefficient (Wildman–Crippen LogP) is 0.732. The summed E-state index contributed by atoms with van der Waals surface area (Å²) in [5, 5.41) is 3.05. The van der Waals surface area contributed by atoms with E-state index in [4.69, 9.17) is 0 Å². The second kappa shape index (κ2) is 6.67. The molecule has 0 bridgehead atoms. The van der Waals surface area contributed by atoms with Crippen molar-refractivity contribution in [3.8, 4) is 0 Å². The van der Waals surface area contributed by atoms with Crippen LogP contribution in [0.5, 0.6) is 0 Å². The minimum Gasteiger partial charge on any atom is -0.316 e. The Morgan fingerprint density at radius 2 is 1.80 bits per heavy atom. The highest BCUT2D eigenvalue weighted by Crippen LogP contribution is 2.18. The maximum atomic E-state index is 12.6.